The molecule has 0 saturated carbocycles. The zero-order valence-electron chi connectivity index (χ0n) is 23.5. The molecule has 0 aliphatic carbocycles. The second kappa shape index (κ2) is 12.7. The Hall–Kier alpha value is -4.59. The van der Waals surface area contributed by atoms with E-state index in [-0.39, 0.29) is 11.9 Å². The molecule has 0 radical (unpaired) electrons. The lowest BCUT2D eigenvalue weighted by atomic mass is 10.0. The van der Waals surface area contributed by atoms with Crippen molar-refractivity contribution >= 4 is 34.6 Å². The molecule has 1 amide bonds. The van der Waals surface area contributed by atoms with Gasteiger partial charge in [0, 0.05) is 50.3 Å². The molecule has 212 valence electrons. The average Bonchev–Trinajstić information content (AvgIpc) is 3.52. The molecule has 2 fully saturated rings. The molecule has 2 aliphatic heterocycles. The van der Waals surface area contributed by atoms with Crippen LogP contribution >= 0.6 is 0 Å². The molecular formula is C31H35N7O3. The van der Waals surface area contributed by atoms with Crippen molar-refractivity contribution in [3.63, 3.8) is 0 Å². The number of likely N-dealkylation sites (N-methyl/N-ethyl adjacent to an activating group) is 1. The molecule has 5 rings (SSSR count). The number of carbonyl (C=O) groups is 1. The summed E-state index contributed by atoms with van der Waals surface area (Å²) < 4.78 is 5.78. The normalized spacial score (nSPS) is 17.1. The van der Waals surface area contributed by atoms with Crippen LogP contribution in [0.2, 0.25) is 0 Å². The van der Waals surface area contributed by atoms with E-state index in [1.165, 1.54) is 12.4 Å². The average molecular weight is 554 g/mol. The summed E-state index contributed by atoms with van der Waals surface area (Å²) in [6.07, 6.45) is 9.17. The van der Waals surface area contributed by atoms with Gasteiger partial charge in [0.05, 0.1) is 36.8 Å². The summed E-state index contributed by atoms with van der Waals surface area (Å²) in [6.45, 7) is 10.9. The predicted octanol–water partition coefficient (Wildman–Crippen LogP) is 4.36. The van der Waals surface area contributed by atoms with Crippen LogP contribution in [0, 0.1) is 12.3 Å². The Morgan fingerprint density at radius 3 is 2.76 bits per heavy atom. The van der Waals surface area contributed by atoms with Crippen LogP contribution in [0.25, 0.3) is 0 Å². The van der Waals surface area contributed by atoms with Gasteiger partial charge in [0.1, 0.15) is 17.9 Å². The minimum atomic E-state index is -0.287. The van der Waals surface area contributed by atoms with Gasteiger partial charge in [-0.15, -0.1) is 6.42 Å². The highest BCUT2D eigenvalue weighted by molar-refractivity contribution is 6.02. The summed E-state index contributed by atoms with van der Waals surface area (Å²) in [6, 6.07) is 13.5. The molecule has 1 aromatic heterocycles. The van der Waals surface area contributed by atoms with Crippen LogP contribution in [0.3, 0.4) is 0 Å². The summed E-state index contributed by atoms with van der Waals surface area (Å²) in [4.78, 5) is 31.9. The highest BCUT2D eigenvalue weighted by Gasteiger charge is 2.29. The lowest BCUT2D eigenvalue weighted by Gasteiger charge is -2.36. The number of piperazine rings is 1. The van der Waals surface area contributed by atoms with Gasteiger partial charge in [-0.25, -0.2) is 15.0 Å². The number of aromatic nitrogens is 2. The van der Waals surface area contributed by atoms with E-state index in [1.807, 2.05) is 42.5 Å². The van der Waals surface area contributed by atoms with E-state index in [1.54, 1.807) is 12.2 Å². The Morgan fingerprint density at radius 2 is 2.02 bits per heavy atom. The van der Waals surface area contributed by atoms with Gasteiger partial charge in [-0.1, -0.05) is 31.6 Å². The third-order valence-corrected chi connectivity index (χ3v) is 7.41. The number of hydrogen-bond donors (Lipinski definition) is 2. The van der Waals surface area contributed by atoms with Gasteiger partial charge in [0.15, 0.2) is 5.82 Å². The second-order valence-electron chi connectivity index (χ2n) is 9.80. The first-order valence-electron chi connectivity index (χ1n) is 13.7. The summed E-state index contributed by atoms with van der Waals surface area (Å²) >= 11 is 0. The highest BCUT2D eigenvalue weighted by atomic mass is 16.7. The van der Waals surface area contributed by atoms with Crippen LogP contribution in [0.15, 0.2) is 61.4 Å². The number of nitrogens with one attached hydrogen (secondary N) is 2. The van der Waals surface area contributed by atoms with Crippen LogP contribution < -0.4 is 25.3 Å². The van der Waals surface area contributed by atoms with Gasteiger partial charge in [-0.3, -0.25) is 9.63 Å². The maximum absolute atomic E-state index is 12.4. The van der Waals surface area contributed by atoms with Gasteiger partial charge >= 0.3 is 0 Å². The van der Waals surface area contributed by atoms with Crippen LogP contribution in [0.4, 0.5) is 28.7 Å². The quantitative estimate of drug-likeness (QED) is 0.296. The number of rotatable bonds is 9. The summed E-state index contributed by atoms with van der Waals surface area (Å²) in [5.41, 5.74) is 4.08. The van der Waals surface area contributed by atoms with Crippen molar-refractivity contribution in [3.8, 4) is 18.1 Å². The van der Waals surface area contributed by atoms with Crippen LogP contribution in [0.1, 0.15) is 30.5 Å². The van der Waals surface area contributed by atoms with Gasteiger partial charge in [-0.2, -0.15) is 0 Å². The number of methoxy groups -OCH3 is 1. The SMILES string of the molecule is C#Cc1cccc(C2CCON2c2cc(Nc3cc(NC(=O)C=C)c(N4CCN(CC)CC4)cc3OC)ncn2)c1. The molecule has 10 heteroatoms. The molecule has 2 saturated heterocycles. The van der Waals surface area contributed by atoms with Crippen LogP contribution in [0.5, 0.6) is 5.75 Å². The summed E-state index contributed by atoms with van der Waals surface area (Å²) in [5.74, 6) is 4.19. The van der Waals surface area contributed by atoms with Crippen LogP contribution in [-0.4, -0.2) is 67.2 Å². The maximum Gasteiger partial charge on any atom is 0.247 e. The number of hydroxylamine groups is 1. The molecule has 3 aromatic rings. The minimum absolute atomic E-state index is 0.0336. The third kappa shape index (κ3) is 6.27. The van der Waals surface area contributed by atoms with E-state index in [4.69, 9.17) is 16.0 Å². The molecule has 1 unspecified atom stereocenters. The van der Waals surface area contributed by atoms with Gasteiger partial charge in [0.2, 0.25) is 5.91 Å². The number of terminal acetylenes is 1. The van der Waals surface area contributed by atoms with E-state index in [0.29, 0.717) is 35.4 Å². The van der Waals surface area contributed by atoms with Crippen molar-refractivity contribution in [3.05, 3.63) is 72.6 Å². The van der Waals surface area contributed by atoms with Crippen molar-refractivity contribution in [2.45, 2.75) is 19.4 Å². The number of carbonyl (C=O) groups excluding carboxylic acids is 1. The Morgan fingerprint density at radius 1 is 1.20 bits per heavy atom. The lowest BCUT2D eigenvalue weighted by Crippen LogP contribution is -2.46. The van der Waals surface area contributed by atoms with E-state index in [9.17, 15) is 4.79 Å². The topological polar surface area (TPSA) is 95.1 Å². The van der Waals surface area contributed by atoms with Gasteiger partial charge in [-0.05, 0) is 36.4 Å². The third-order valence-electron chi connectivity index (χ3n) is 7.41. The van der Waals surface area contributed by atoms with Gasteiger partial charge < -0.3 is 25.2 Å². The maximum atomic E-state index is 12.4. The van der Waals surface area contributed by atoms with E-state index >= 15 is 0 Å². The van der Waals surface area contributed by atoms with Crippen LogP contribution in [-0.2, 0) is 9.63 Å². The number of hydrogen-bond acceptors (Lipinski definition) is 9. The first-order valence-corrected chi connectivity index (χ1v) is 13.7. The molecule has 3 heterocycles. The number of benzene rings is 2. The number of anilines is 5. The zero-order valence-corrected chi connectivity index (χ0v) is 23.5. The first kappa shape index (κ1) is 28.0. The zero-order chi connectivity index (χ0) is 28.8. The molecule has 1 atom stereocenters. The predicted molar refractivity (Wildman–Crippen MR) is 162 cm³/mol. The molecule has 2 N–H and O–H groups in total. The lowest BCUT2D eigenvalue weighted by molar-refractivity contribution is -0.111. The molecule has 0 spiro atoms. The van der Waals surface area contributed by atoms with Gasteiger partial charge in [0.25, 0.3) is 0 Å². The van der Waals surface area contributed by atoms with E-state index in [2.05, 4.69) is 49.8 Å². The fourth-order valence-electron chi connectivity index (χ4n) is 5.19. The second-order valence-corrected chi connectivity index (χ2v) is 9.80. The molecular weight excluding hydrogens is 518 g/mol. The summed E-state index contributed by atoms with van der Waals surface area (Å²) in [5, 5.41) is 8.12. The molecule has 41 heavy (non-hydrogen) atoms. The van der Waals surface area contributed by atoms with Crippen molar-refractivity contribution in [2.75, 3.05) is 67.0 Å². The molecule has 10 nitrogen and oxygen atoms in total. The number of amides is 1. The fraction of sp³-hybridized carbons (Fsp3) is 0.323. The van der Waals surface area contributed by atoms with Crippen molar-refractivity contribution in [1.29, 1.82) is 0 Å². The van der Waals surface area contributed by atoms with E-state index in [0.717, 1.165) is 56.0 Å². The Labute approximate surface area is 240 Å². The first-order chi connectivity index (χ1) is 20.0. The Kier molecular flexibility index (Phi) is 8.67. The molecule has 2 aromatic carbocycles. The summed E-state index contributed by atoms with van der Waals surface area (Å²) in [7, 11) is 1.62. The highest BCUT2D eigenvalue weighted by Crippen LogP contribution is 2.40. The Bertz CT molecular complexity index is 1450. The van der Waals surface area contributed by atoms with Crippen molar-refractivity contribution in [1.82, 2.24) is 14.9 Å². The standard InChI is InChI=1S/C31H35N7O3/c1-5-22-9-8-10-23(17-22)26-11-16-41-38(26)30-20-29(32-21-33-30)34-25-18-24(35-31(39)6-2)27(19-28(25)40-4)37-14-12-36(7-3)13-15-37/h1,6,8-10,17-21,26H,2,7,11-16H2,3-4H3,(H,35,39)(H,32,33,34). The fourth-order valence-corrected chi connectivity index (χ4v) is 5.19. The molecule has 0 bridgehead atoms. The number of ether oxygens (including phenoxy) is 1. The van der Waals surface area contributed by atoms with E-state index < -0.39 is 0 Å². The Balaban J connectivity index is 1.43. The monoisotopic (exact) mass is 553 g/mol. The largest absolute Gasteiger partial charge is 0.494 e. The minimum Gasteiger partial charge on any atom is -0.494 e. The number of nitrogens with zero attached hydrogens (tertiary/aromatic N) is 5. The van der Waals surface area contributed by atoms with Crippen molar-refractivity contribution in [2.24, 2.45) is 0 Å². The van der Waals surface area contributed by atoms with Crippen molar-refractivity contribution < 1.29 is 14.4 Å². The smallest absolute Gasteiger partial charge is 0.247 e. The molecule has 2 aliphatic rings.